The molecule has 3 rings (SSSR count). The van der Waals surface area contributed by atoms with Gasteiger partial charge in [-0.15, -0.1) is 23.2 Å². The fraction of sp³-hybridized carbons (Fsp3) is 0.231. The fourth-order valence-corrected chi connectivity index (χ4v) is 3.80. The minimum Gasteiger partial charge on any atom is -0.491 e. The third-order valence-corrected chi connectivity index (χ3v) is 5.36. The molecule has 3 aromatic rings. The van der Waals surface area contributed by atoms with Gasteiger partial charge in [-0.1, -0.05) is 66.2 Å². The molecule has 0 saturated carbocycles. The summed E-state index contributed by atoms with van der Waals surface area (Å²) in [7, 11) is 0. The van der Waals surface area contributed by atoms with Crippen molar-refractivity contribution in [2.24, 2.45) is 0 Å². The van der Waals surface area contributed by atoms with Gasteiger partial charge in [-0.2, -0.15) is 0 Å². The van der Waals surface area contributed by atoms with E-state index in [0.717, 1.165) is 34.4 Å². The summed E-state index contributed by atoms with van der Waals surface area (Å²) in [4.78, 5) is 0. The lowest BCUT2D eigenvalue weighted by molar-refractivity contribution is 0.111. The third kappa shape index (κ3) is 7.02. The number of halogens is 3. The summed E-state index contributed by atoms with van der Waals surface area (Å²) in [6.07, 6.45) is 0.750. The van der Waals surface area contributed by atoms with Crippen molar-refractivity contribution < 1.29 is 9.47 Å². The summed E-state index contributed by atoms with van der Waals surface area (Å²) in [5.74, 6) is 1.82. The maximum absolute atomic E-state index is 6.21. The van der Waals surface area contributed by atoms with Gasteiger partial charge in [0.25, 0.3) is 0 Å². The summed E-state index contributed by atoms with van der Waals surface area (Å²) < 4.78 is 11.1. The Morgan fingerprint density at radius 1 is 0.645 bits per heavy atom. The van der Waals surface area contributed by atoms with E-state index in [1.807, 2.05) is 54.6 Å². The molecule has 31 heavy (non-hydrogen) atoms. The van der Waals surface area contributed by atoms with Crippen LogP contribution in [0, 0.1) is 0 Å². The van der Waals surface area contributed by atoms with Crippen LogP contribution in [0.4, 0.5) is 0 Å². The van der Waals surface area contributed by atoms with Gasteiger partial charge in [0, 0.05) is 16.8 Å². The molecule has 0 amide bonds. The summed E-state index contributed by atoms with van der Waals surface area (Å²) in [6.45, 7) is 1.53. The van der Waals surface area contributed by atoms with Gasteiger partial charge in [-0.25, -0.2) is 0 Å². The van der Waals surface area contributed by atoms with Crippen molar-refractivity contribution in [3.8, 4) is 5.75 Å². The van der Waals surface area contributed by atoms with E-state index < -0.39 is 0 Å². The number of ether oxygens (including phenoxy) is 2. The Kier molecular flexibility index (Phi) is 9.77. The topological polar surface area (TPSA) is 18.5 Å². The third-order valence-electron chi connectivity index (χ3n) is 4.76. The highest BCUT2D eigenvalue weighted by Crippen LogP contribution is 2.35. The monoisotopic (exact) mass is 474 g/mol. The van der Waals surface area contributed by atoms with Crippen molar-refractivity contribution >= 4 is 45.9 Å². The highest BCUT2D eigenvalue weighted by atomic mass is 35.5. The fourth-order valence-electron chi connectivity index (χ4n) is 3.37. The van der Waals surface area contributed by atoms with Crippen LogP contribution in [0.2, 0.25) is 5.02 Å². The molecule has 0 heterocycles. The van der Waals surface area contributed by atoms with E-state index in [-0.39, 0.29) is 0 Å². The molecule has 0 aliphatic carbocycles. The van der Waals surface area contributed by atoms with Gasteiger partial charge in [-0.3, -0.25) is 0 Å². The SMILES string of the molecule is ClCCOCCOc1ccc(C(=C(CCCl)c2ccccc2)c2ccc(Cl)cc2)cc1. The Balaban J connectivity index is 1.96. The Labute approximate surface area is 199 Å². The standard InChI is InChI=1S/C26H25Cl3O2/c27-15-14-25(20-4-2-1-3-5-20)26(21-6-10-23(29)11-7-21)22-8-12-24(13-9-22)31-19-18-30-17-16-28/h1-13H,14-19H2. The van der Waals surface area contributed by atoms with E-state index in [0.29, 0.717) is 36.6 Å². The molecule has 0 unspecified atom stereocenters. The lowest BCUT2D eigenvalue weighted by atomic mass is 9.88. The molecule has 0 radical (unpaired) electrons. The van der Waals surface area contributed by atoms with Crippen molar-refractivity contribution in [3.05, 3.63) is 101 Å². The molecule has 0 aromatic heterocycles. The highest BCUT2D eigenvalue weighted by molar-refractivity contribution is 6.30. The maximum atomic E-state index is 6.21. The second-order valence-corrected chi connectivity index (χ2v) is 8.03. The van der Waals surface area contributed by atoms with Crippen LogP contribution < -0.4 is 4.74 Å². The van der Waals surface area contributed by atoms with Crippen molar-refractivity contribution in [2.45, 2.75) is 6.42 Å². The van der Waals surface area contributed by atoms with Crippen molar-refractivity contribution in [1.29, 1.82) is 0 Å². The smallest absolute Gasteiger partial charge is 0.119 e. The van der Waals surface area contributed by atoms with E-state index in [4.69, 9.17) is 44.3 Å². The van der Waals surface area contributed by atoms with Gasteiger partial charge in [-0.05, 0) is 58.5 Å². The molecule has 2 nitrogen and oxygen atoms in total. The first-order valence-electron chi connectivity index (χ1n) is 10.2. The van der Waals surface area contributed by atoms with Crippen molar-refractivity contribution in [1.82, 2.24) is 0 Å². The highest BCUT2D eigenvalue weighted by Gasteiger charge is 2.14. The molecule has 0 aliphatic rings. The van der Waals surface area contributed by atoms with Gasteiger partial charge in [0.2, 0.25) is 0 Å². The van der Waals surface area contributed by atoms with Gasteiger partial charge < -0.3 is 9.47 Å². The molecule has 0 spiro atoms. The van der Waals surface area contributed by atoms with E-state index in [2.05, 4.69) is 24.3 Å². The van der Waals surface area contributed by atoms with Gasteiger partial charge in [0.05, 0.1) is 13.2 Å². The first-order valence-corrected chi connectivity index (χ1v) is 11.6. The molecular weight excluding hydrogens is 451 g/mol. The molecule has 0 saturated heterocycles. The predicted molar refractivity (Wildman–Crippen MR) is 133 cm³/mol. The number of hydrogen-bond acceptors (Lipinski definition) is 2. The van der Waals surface area contributed by atoms with Crippen LogP contribution in [0.25, 0.3) is 11.1 Å². The molecule has 3 aromatic carbocycles. The minimum atomic E-state index is 0.484. The summed E-state index contributed by atoms with van der Waals surface area (Å²) in [5, 5.41) is 0.710. The van der Waals surface area contributed by atoms with Gasteiger partial charge in [0.15, 0.2) is 0 Å². The molecule has 5 heteroatoms. The van der Waals surface area contributed by atoms with Crippen molar-refractivity contribution in [2.75, 3.05) is 31.6 Å². The number of allylic oxidation sites excluding steroid dienone is 1. The van der Waals surface area contributed by atoms with Crippen LogP contribution >= 0.6 is 34.8 Å². The molecule has 0 atom stereocenters. The van der Waals surface area contributed by atoms with Crippen LogP contribution in [0.3, 0.4) is 0 Å². The molecule has 0 fully saturated rings. The van der Waals surface area contributed by atoms with Crippen LogP contribution in [0.1, 0.15) is 23.1 Å². The maximum Gasteiger partial charge on any atom is 0.119 e. The van der Waals surface area contributed by atoms with Crippen LogP contribution in [-0.2, 0) is 4.74 Å². The zero-order chi connectivity index (χ0) is 21.9. The Bertz CT molecular complexity index is 952. The normalized spacial score (nSPS) is 11.8. The Morgan fingerprint density at radius 3 is 1.90 bits per heavy atom. The van der Waals surface area contributed by atoms with E-state index in [9.17, 15) is 0 Å². The Morgan fingerprint density at radius 2 is 1.29 bits per heavy atom. The zero-order valence-corrected chi connectivity index (χ0v) is 19.5. The van der Waals surface area contributed by atoms with Crippen LogP contribution in [0.15, 0.2) is 78.9 Å². The largest absolute Gasteiger partial charge is 0.491 e. The minimum absolute atomic E-state index is 0.484. The predicted octanol–water partition coefficient (Wildman–Crippen LogP) is 7.56. The first kappa shape index (κ1) is 23.7. The number of rotatable bonds is 11. The summed E-state index contributed by atoms with van der Waals surface area (Å²) in [6, 6.07) is 26.4. The number of alkyl halides is 2. The average molecular weight is 476 g/mol. The van der Waals surface area contributed by atoms with E-state index in [1.54, 1.807) is 0 Å². The van der Waals surface area contributed by atoms with Gasteiger partial charge >= 0.3 is 0 Å². The lowest BCUT2D eigenvalue weighted by Crippen LogP contribution is -2.08. The first-order chi connectivity index (χ1) is 15.2. The number of benzene rings is 3. The van der Waals surface area contributed by atoms with Crippen molar-refractivity contribution in [3.63, 3.8) is 0 Å². The zero-order valence-electron chi connectivity index (χ0n) is 17.2. The Hall–Kier alpha value is -1.97. The van der Waals surface area contributed by atoms with Crippen LogP contribution in [-0.4, -0.2) is 31.6 Å². The van der Waals surface area contributed by atoms with E-state index >= 15 is 0 Å². The average Bonchev–Trinajstić information content (AvgIpc) is 2.81. The molecule has 0 bridgehead atoms. The van der Waals surface area contributed by atoms with Crippen LogP contribution in [0.5, 0.6) is 5.75 Å². The second-order valence-electron chi connectivity index (χ2n) is 6.84. The lowest BCUT2D eigenvalue weighted by Gasteiger charge is -2.17. The molecule has 0 aliphatic heterocycles. The van der Waals surface area contributed by atoms with Gasteiger partial charge in [0.1, 0.15) is 12.4 Å². The number of hydrogen-bond donors (Lipinski definition) is 0. The van der Waals surface area contributed by atoms with E-state index in [1.165, 1.54) is 5.57 Å². The molecule has 0 N–H and O–H groups in total. The summed E-state index contributed by atoms with van der Waals surface area (Å²) in [5.41, 5.74) is 5.68. The summed E-state index contributed by atoms with van der Waals surface area (Å²) >= 11 is 18.0. The second kappa shape index (κ2) is 12.8. The quantitative estimate of drug-likeness (QED) is 0.162. The molecular formula is C26H25Cl3O2. The molecule has 162 valence electrons.